The molecule has 0 bridgehead atoms. The highest BCUT2D eigenvalue weighted by atomic mass is 16.5. The van der Waals surface area contributed by atoms with Gasteiger partial charge in [0, 0.05) is 25.8 Å². The second-order valence-corrected chi connectivity index (χ2v) is 8.60. The molecular weight excluding hydrogens is 372 g/mol. The first kappa shape index (κ1) is 20.7. The van der Waals surface area contributed by atoms with Crippen molar-refractivity contribution in [2.75, 3.05) is 32.5 Å². The van der Waals surface area contributed by atoms with Gasteiger partial charge in [0.25, 0.3) is 0 Å². The smallest absolute Gasteiger partial charge is 0.148 e. The maximum Gasteiger partial charge on any atom is 0.148 e. The lowest BCUT2D eigenvalue weighted by molar-refractivity contribution is 0.198. The maximum absolute atomic E-state index is 6.09. The standard InChI is InChI=1S/C25H34N4O/c1-19-7-4-10-23-25(19)27-24(18-30-22-13-11-21(26-2)12-14-22)29(23)16-6-9-20-8-5-15-28(3)17-20/h4,7,10-14,20,26H,5-6,8-9,15-18H2,1-3H3. The molecule has 30 heavy (non-hydrogen) atoms. The number of aromatic nitrogens is 2. The Morgan fingerprint density at radius 1 is 1.17 bits per heavy atom. The molecule has 1 aromatic heterocycles. The van der Waals surface area contributed by atoms with Crippen LogP contribution in [0.1, 0.15) is 37.1 Å². The van der Waals surface area contributed by atoms with Crippen molar-refractivity contribution >= 4 is 16.7 Å². The molecule has 0 radical (unpaired) electrons. The number of rotatable bonds is 8. The van der Waals surface area contributed by atoms with E-state index in [1.54, 1.807) is 0 Å². The highest BCUT2D eigenvalue weighted by Gasteiger charge is 2.18. The summed E-state index contributed by atoms with van der Waals surface area (Å²) in [6, 6.07) is 14.5. The zero-order valence-corrected chi connectivity index (χ0v) is 18.5. The number of likely N-dealkylation sites (tertiary alicyclic amines) is 1. The summed E-state index contributed by atoms with van der Waals surface area (Å²) in [5.74, 6) is 2.71. The molecule has 1 aliphatic heterocycles. The molecule has 2 heterocycles. The van der Waals surface area contributed by atoms with Crippen molar-refractivity contribution in [2.24, 2.45) is 5.92 Å². The van der Waals surface area contributed by atoms with E-state index in [9.17, 15) is 0 Å². The van der Waals surface area contributed by atoms with Crippen LogP contribution in [0.2, 0.25) is 0 Å². The van der Waals surface area contributed by atoms with Crippen LogP contribution in [-0.4, -0.2) is 41.6 Å². The molecule has 0 saturated carbocycles. The fourth-order valence-electron chi connectivity index (χ4n) is 4.61. The fourth-order valence-corrected chi connectivity index (χ4v) is 4.61. The summed E-state index contributed by atoms with van der Waals surface area (Å²) < 4.78 is 8.47. The summed E-state index contributed by atoms with van der Waals surface area (Å²) in [6.45, 7) is 6.11. The molecule has 1 fully saturated rings. The molecule has 5 nitrogen and oxygen atoms in total. The Labute approximate surface area is 180 Å². The zero-order valence-electron chi connectivity index (χ0n) is 18.5. The van der Waals surface area contributed by atoms with Gasteiger partial charge in [-0.15, -0.1) is 0 Å². The van der Waals surface area contributed by atoms with Crippen LogP contribution in [0.25, 0.3) is 11.0 Å². The van der Waals surface area contributed by atoms with Crippen LogP contribution in [-0.2, 0) is 13.2 Å². The second kappa shape index (κ2) is 9.52. The molecule has 1 saturated heterocycles. The van der Waals surface area contributed by atoms with Gasteiger partial charge in [-0.2, -0.15) is 0 Å². The molecular formula is C25H34N4O. The van der Waals surface area contributed by atoms with E-state index in [4.69, 9.17) is 9.72 Å². The van der Waals surface area contributed by atoms with Crippen LogP contribution in [0.3, 0.4) is 0 Å². The minimum Gasteiger partial charge on any atom is -0.486 e. The first-order valence-electron chi connectivity index (χ1n) is 11.2. The Hall–Kier alpha value is -2.53. The number of hydrogen-bond donors (Lipinski definition) is 1. The molecule has 1 unspecified atom stereocenters. The molecule has 0 amide bonds. The van der Waals surface area contributed by atoms with E-state index in [-0.39, 0.29) is 0 Å². The number of hydrogen-bond acceptors (Lipinski definition) is 4. The third kappa shape index (κ3) is 4.78. The van der Waals surface area contributed by atoms with Gasteiger partial charge in [-0.1, -0.05) is 12.1 Å². The molecule has 1 atom stereocenters. The molecule has 4 rings (SSSR count). The number of piperidine rings is 1. The van der Waals surface area contributed by atoms with Gasteiger partial charge in [0.2, 0.25) is 0 Å². The van der Waals surface area contributed by atoms with Crippen molar-refractivity contribution in [1.29, 1.82) is 0 Å². The van der Waals surface area contributed by atoms with Crippen molar-refractivity contribution < 1.29 is 4.74 Å². The maximum atomic E-state index is 6.09. The first-order valence-corrected chi connectivity index (χ1v) is 11.2. The summed E-state index contributed by atoms with van der Waals surface area (Å²) in [5.41, 5.74) is 4.62. The minimum atomic E-state index is 0.485. The van der Waals surface area contributed by atoms with E-state index in [1.807, 2.05) is 31.3 Å². The van der Waals surface area contributed by atoms with Gasteiger partial charge in [0.05, 0.1) is 11.0 Å². The van der Waals surface area contributed by atoms with Crippen LogP contribution < -0.4 is 10.1 Å². The third-order valence-corrected chi connectivity index (χ3v) is 6.29. The van der Waals surface area contributed by atoms with Gasteiger partial charge in [0.15, 0.2) is 0 Å². The number of fused-ring (bicyclic) bond motifs is 1. The number of imidazole rings is 1. The molecule has 1 N–H and O–H groups in total. The second-order valence-electron chi connectivity index (χ2n) is 8.60. The molecule has 1 aliphatic rings. The average Bonchev–Trinajstić information content (AvgIpc) is 3.12. The molecule has 5 heteroatoms. The van der Waals surface area contributed by atoms with Crippen LogP contribution >= 0.6 is 0 Å². The number of nitrogens with one attached hydrogen (secondary N) is 1. The number of anilines is 1. The monoisotopic (exact) mass is 406 g/mol. The van der Waals surface area contributed by atoms with Crippen molar-refractivity contribution in [3.05, 3.63) is 53.9 Å². The third-order valence-electron chi connectivity index (χ3n) is 6.29. The van der Waals surface area contributed by atoms with Crippen LogP contribution in [0.5, 0.6) is 5.75 Å². The van der Waals surface area contributed by atoms with Gasteiger partial charge in [-0.3, -0.25) is 0 Å². The molecule has 0 aliphatic carbocycles. The zero-order chi connectivity index (χ0) is 20.9. The lowest BCUT2D eigenvalue weighted by Crippen LogP contribution is -2.32. The Balaban J connectivity index is 1.47. The quantitative estimate of drug-likeness (QED) is 0.566. The van der Waals surface area contributed by atoms with Crippen LogP contribution in [0.4, 0.5) is 5.69 Å². The SMILES string of the molecule is CNc1ccc(OCc2nc3c(C)cccc3n2CCCC2CCCN(C)C2)cc1. The van der Waals surface area contributed by atoms with Gasteiger partial charge < -0.3 is 19.5 Å². The van der Waals surface area contributed by atoms with Crippen LogP contribution in [0, 0.1) is 12.8 Å². The van der Waals surface area contributed by atoms with Crippen LogP contribution in [0.15, 0.2) is 42.5 Å². The summed E-state index contributed by atoms with van der Waals surface area (Å²) in [7, 11) is 4.17. The molecule has 2 aromatic carbocycles. The predicted molar refractivity (Wildman–Crippen MR) is 124 cm³/mol. The number of ether oxygens (including phenoxy) is 1. The topological polar surface area (TPSA) is 42.3 Å². The Morgan fingerprint density at radius 2 is 2.00 bits per heavy atom. The highest BCUT2D eigenvalue weighted by Crippen LogP contribution is 2.24. The average molecular weight is 407 g/mol. The summed E-state index contributed by atoms with van der Waals surface area (Å²) >= 11 is 0. The summed E-state index contributed by atoms with van der Waals surface area (Å²) in [5, 5.41) is 3.14. The van der Waals surface area contributed by atoms with Gasteiger partial charge >= 0.3 is 0 Å². The van der Waals surface area contributed by atoms with E-state index >= 15 is 0 Å². The summed E-state index contributed by atoms with van der Waals surface area (Å²) in [6.07, 6.45) is 5.16. The Kier molecular flexibility index (Phi) is 6.58. The van der Waals surface area contributed by atoms with Crippen molar-refractivity contribution in [3.8, 4) is 5.75 Å². The number of benzene rings is 2. The normalized spacial score (nSPS) is 17.4. The van der Waals surface area contributed by atoms with E-state index in [0.29, 0.717) is 6.61 Å². The first-order chi connectivity index (χ1) is 14.6. The van der Waals surface area contributed by atoms with E-state index in [1.165, 1.54) is 49.9 Å². The largest absolute Gasteiger partial charge is 0.486 e. The van der Waals surface area contributed by atoms with Gasteiger partial charge in [-0.25, -0.2) is 4.98 Å². The lowest BCUT2D eigenvalue weighted by Gasteiger charge is -2.29. The molecule has 0 spiro atoms. The minimum absolute atomic E-state index is 0.485. The number of para-hydroxylation sites is 1. The van der Waals surface area contributed by atoms with Crippen molar-refractivity contribution in [3.63, 3.8) is 0 Å². The molecule has 160 valence electrons. The van der Waals surface area contributed by atoms with E-state index in [2.05, 4.69) is 47.0 Å². The van der Waals surface area contributed by atoms with Gasteiger partial charge in [-0.05, 0) is 88.0 Å². The predicted octanol–water partition coefficient (Wildman–Crippen LogP) is 5.09. The Morgan fingerprint density at radius 3 is 2.77 bits per heavy atom. The van der Waals surface area contributed by atoms with E-state index in [0.717, 1.165) is 35.2 Å². The van der Waals surface area contributed by atoms with E-state index < -0.39 is 0 Å². The number of nitrogens with zero attached hydrogens (tertiary/aromatic N) is 3. The van der Waals surface area contributed by atoms with Gasteiger partial charge in [0.1, 0.15) is 18.2 Å². The lowest BCUT2D eigenvalue weighted by atomic mass is 9.94. The summed E-state index contributed by atoms with van der Waals surface area (Å²) in [4.78, 5) is 7.43. The highest BCUT2D eigenvalue weighted by molar-refractivity contribution is 5.79. The fraction of sp³-hybridized carbons (Fsp3) is 0.480. The Bertz CT molecular complexity index is 963. The molecule has 3 aromatic rings. The van der Waals surface area contributed by atoms with Crippen molar-refractivity contribution in [2.45, 2.75) is 45.8 Å². The number of aryl methyl sites for hydroxylation is 2. The van der Waals surface area contributed by atoms with Crippen molar-refractivity contribution in [1.82, 2.24) is 14.5 Å².